The van der Waals surface area contributed by atoms with Gasteiger partial charge in [0.25, 0.3) is 0 Å². The number of carbonyl (C=O) groups excluding carboxylic acids is 1. The van der Waals surface area contributed by atoms with Crippen molar-refractivity contribution in [3.05, 3.63) is 70.3 Å². The molecule has 0 radical (unpaired) electrons. The summed E-state index contributed by atoms with van der Waals surface area (Å²) in [6.07, 6.45) is 16.2. The number of cyclic esters (lactones) is 1. The number of rotatable bonds is 17. The number of esters is 1. The summed E-state index contributed by atoms with van der Waals surface area (Å²) >= 11 is 0. The SMILES string of the molecule is CCCCCCCC[C@](O)(/C=C/c1ccc(C(CC)(CC)c2ccc(OCC3CCC(=O)O3)c(C)c2)cc1C)CC. The summed E-state index contributed by atoms with van der Waals surface area (Å²) in [5.74, 6) is 0.714. The number of hydrogen-bond acceptors (Lipinski definition) is 4. The molecule has 0 amide bonds. The first-order valence-corrected chi connectivity index (χ1v) is 16.2. The first-order chi connectivity index (χ1) is 19.7. The van der Waals surface area contributed by atoms with Gasteiger partial charge < -0.3 is 14.6 Å². The third-order valence-corrected chi connectivity index (χ3v) is 9.30. The molecular weight excluding hydrogens is 508 g/mol. The number of carbonyl (C=O) groups is 1. The number of ether oxygens (including phenoxy) is 2. The van der Waals surface area contributed by atoms with Gasteiger partial charge in [0.2, 0.25) is 0 Å². The van der Waals surface area contributed by atoms with E-state index in [2.05, 4.69) is 84.0 Å². The summed E-state index contributed by atoms with van der Waals surface area (Å²) in [6, 6.07) is 13.3. The van der Waals surface area contributed by atoms with E-state index in [-0.39, 0.29) is 17.5 Å². The Kier molecular flexibility index (Phi) is 12.5. The molecule has 1 fully saturated rings. The van der Waals surface area contributed by atoms with Gasteiger partial charge in [0, 0.05) is 11.8 Å². The average Bonchev–Trinajstić information content (AvgIpc) is 3.39. The molecule has 0 aliphatic carbocycles. The first kappa shape index (κ1) is 32.9. The molecule has 0 bridgehead atoms. The second-order valence-electron chi connectivity index (χ2n) is 12.1. The maximum Gasteiger partial charge on any atom is 0.306 e. The Labute approximate surface area is 249 Å². The fourth-order valence-electron chi connectivity index (χ4n) is 6.22. The zero-order valence-corrected chi connectivity index (χ0v) is 26.6. The molecule has 1 aliphatic rings. The zero-order chi connectivity index (χ0) is 29.9. The Morgan fingerprint density at radius 3 is 2.15 bits per heavy atom. The van der Waals surface area contributed by atoms with Crippen molar-refractivity contribution in [2.45, 2.75) is 136 Å². The van der Waals surface area contributed by atoms with Crippen LogP contribution in [0.1, 0.15) is 133 Å². The quantitative estimate of drug-likeness (QED) is 0.154. The second kappa shape index (κ2) is 15.6. The Morgan fingerprint density at radius 1 is 0.902 bits per heavy atom. The molecule has 1 heterocycles. The topological polar surface area (TPSA) is 55.8 Å². The van der Waals surface area contributed by atoms with E-state index in [1.807, 2.05) is 6.08 Å². The average molecular weight is 563 g/mol. The molecule has 1 unspecified atom stereocenters. The van der Waals surface area contributed by atoms with E-state index < -0.39 is 5.60 Å². The van der Waals surface area contributed by atoms with E-state index in [0.717, 1.165) is 55.4 Å². The Balaban J connectivity index is 1.74. The molecule has 4 heteroatoms. The predicted molar refractivity (Wildman–Crippen MR) is 171 cm³/mol. The highest BCUT2D eigenvalue weighted by Gasteiger charge is 2.32. The van der Waals surface area contributed by atoms with Crippen molar-refractivity contribution in [3.63, 3.8) is 0 Å². The lowest BCUT2D eigenvalue weighted by Gasteiger charge is -2.34. The molecule has 2 aromatic carbocycles. The van der Waals surface area contributed by atoms with Crippen molar-refractivity contribution in [3.8, 4) is 5.75 Å². The van der Waals surface area contributed by atoms with Gasteiger partial charge in [-0.2, -0.15) is 0 Å². The number of aliphatic hydroxyl groups is 1. The van der Waals surface area contributed by atoms with Gasteiger partial charge >= 0.3 is 5.97 Å². The van der Waals surface area contributed by atoms with Crippen LogP contribution in [0.15, 0.2) is 42.5 Å². The second-order valence-corrected chi connectivity index (χ2v) is 12.1. The summed E-state index contributed by atoms with van der Waals surface area (Å²) in [6.45, 7) is 13.5. The molecule has 1 N–H and O–H groups in total. The smallest absolute Gasteiger partial charge is 0.306 e. The number of aryl methyl sites for hydroxylation is 2. The molecule has 41 heavy (non-hydrogen) atoms. The van der Waals surface area contributed by atoms with Gasteiger partial charge in [0.1, 0.15) is 18.5 Å². The van der Waals surface area contributed by atoms with Crippen LogP contribution in [0, 0.1) is 13.8 Å². The summed E-state index contributed by atoms with van der Waals surface area (Å²) in [5, 5.41) is 11.2. The molecule has 2 aromatic rings. The van der Waals surface area contributed by atoms with Crippen molar-refractivity contribution < 1.29 is 19.4 Å². The van der Waals surface area contributed by atoms with Crippen LogP contribution in [0.3, 0.4) is 0 Å². The van der Waals surface area contributed by atoms with Crippen LogP contribution in [0.2, 0.25) is 0 Å². The maximum atomic E-state index is 11.4. The summed E-state index contributed by atoms with van der Waals surface area (Å²) in [7, 11) is 0. The van der Waals surface area contributed by atoms with Crippen molar-refractivity contribution in [2.75, 3.05) is 6.61 Å². The third-order valence-electron chi connectivity index (χ3n) is 9.30. The van der Waals surface area contributed by atoms with E-state index >= 15 is 0 Å². The van der Waals surface area contributed by atoms with Crippen molar-refractivity contribution in [2.24, 2.45) is 0 Å². The van der Waals surface area contributed by atoms with Crippen LogP contribution < -0.4 is 4.74 Å². The van der Waals surface area contributed by atoms with E-state index in [9.17, 15) is 9.90 Å². The predicted octanol–water partition coefficient (Wildman–Crippen LogP) is 9.40. The van der Waals surface area contributed by atoms with Crippen LogP contribution >= 0.6 is 0 Å². The lowest BCUT2D eigenvalue weighted by atomic mass is 9.70. The van der Waals surface area contributed by atoms with E-state index in [1.165, 1.54) is 48.8 Å². The monoisotopic (exact) mass is 562 g/mol. The van der Waals surface area contributed by atoms with Crippen LogP contribution in [-0.4, -0.2) is 29.4 Å². The van der Waals surface area contributed by atoms with Crippen LogP contribution in [0.25, 0.3) is 6.08 Å². The van der Waals surface area contributed by atoms with Crippen molar-refractivity contribution >= 4 is 12.0 Å². The molecule has 226 valence electrons. The molecule has 0 saturated carbocycles. The molecule has 1 aliphatic heterocycles. The highest BCUT2D eigenvalue weighted by Crippen LogP contribution is 2.41. The van der Waals surface area contributed by atoms with Gasteiger partial charge in [0.05, 0.1) is 5.60 Å². The largest absolute Gasteiger partial charge is 0.489 e. The fraction of sp³-hybridized carbons (Fsp3) is 0.595. The van der Waals surface area contributed by atoms with Gasteiger partial charge in [-0.15, -0.1) is 0 Å². The molecule has 1 saturated heterocycles. The molecular formula is C37H54O4. The van der Waals surface area contributed by atoms with E-state index in [1.54, 1.807) is 0 Å². The maximum absolute atomic E-state index is 11.4. The normalized spacial score (nSPS) is 17.1. The van der Waals surface area contributed by atoms with Crippen molar-refractivity contribution in [1.29, 1.82) is 0 Å². The molecule has 4 nitrogen and oxygen atoms in total. The summed E-state index contributed by atoms with van der Waals surface area (Å²) in [4.78, 5) is 11.4. The van der Waals surface area contributed by atoms with E-state index in [4.69, 9.17) is 9.47 Å². The van der Waals surface area contributed by atoms with Gasteiger partial charge in [-0.25, -0.2) is 0 Å². The molecule has 3 rings (SSSR count). The molecule has 0 aromatic heterocycles. The van der Waals surface area contributed by atoms with Gasteiger partial charge in [-0.05, 0) is 79.8 Å². The van der Waals surface area contributed by atoms with Gasteiger partial charge in [-0.3, -0.25) is 4.79 Å². The van der Waals surface area contributed by atoms with E-state index in [0.29, 0.717) is 13.0 Å². The standard InChI is InChI=1S/C37H54O4/c1-7-11-12-13-14-15-23-36(39,8-2)24-22-30-16-17-31(25-28(30)5)37(9-3,10-4)32-18-20-34(29(6)26-32)40-27-33-19-21-35(38)41-33/h16-18,20,22,24-26,33,39H,7-15,19,21,23,27H2,1-6H3/b24-22+/t33?,36-/m0/s1. The third kappa shape index (κ3) is 8.70. The minimum atomic E-state index is -0.743. The number of unbranched alkanes of at least 4 members (excludes halogenated alkanes) is 5. The number of hydrogen-bond donors (Lipinski definition) is 1. The summed E-state index contributed by atoms with van der Waals surface area (Å²) < 4.78 is 11.4. The minimum absolute atomic E-state index is 0.0980. The van der Waals surface area contributed by atoms with Crippen molar-refractivity contribution in [1.82, 2.24) is 0 Å². The lowest BCUT2D eigenvalue weighted by Crippen LogP contribution is -2.26. The first-order valence-electron chi connectivity index (χ1n) is 16.2. The zero-order valence-electron chi connectivity index (χ0n) is 26.6. The molecule has 2 atom stereocenters. The van der Waals surface area contributed by atoms with Gasteiger partial charge in [-0.1, -0.05) is 109 Å². The fourth-order valence-corrected chi connectivity index (χ4v) is 6.22. The molecule has 0 spiro atoms. The Hall–Kier alpha value is -2.59. The van der Waals surface area contributed by atoms with Crippen LogP contribution in [0.4, 0.5) is 0 Å². The highest BCUT2D eigenvalue weighted by molar-refractivity contribution is 5.71. The van der Waals surface area contributed by atoms with Gasteiger partial charge in [0.15, 0.2) is 0 Å². The summed E-state index contributed by atoms with van der Waals surface area (Å²) in [5.41, 5.74) is 5.26. The van der Waals surface area contributed by atoms with Crippen LogP contribution in [-0.2, 0) is 14.9 Å². The Bertz CT molecular complexity index is 1150. The lowest BCUT2D eigenvalue weighted by molar-refractivity contribution is -0.142. The van der Waals surface area contributed by atoms with Crippen LogP contribution in [0.5, 0.6) is 5.75 Å². The Morgan fingerprint density at radius 2 is 1.56 bits per heavy atom. The minimum Gasteiger partial charge on any atom is -0.489 e. The number of benzene rings is 2. The highest BCUT2D eigenvalue weighted by atomic mass is 16.6.